The lowest BCUT2D eigenvalue weighted by Crippen LogP contribution is -2.56. The molecule has 1 aliphatic rings. The average Bonchev–Trinajstić information content (AvgIpc) is 3.09. The van der Waals surface area contributed by atoms with Crippen molar-refractivity contribution in [3.8, 4) is 6.01 Å². The number of amides is 1. The Morgan fingerprint density at radius 1 is 0.976 bits per heavy atom. The van der Waals surface area contributed by atoms with Crippen molar-refractivity contribution in [1.29, 1.82) is 0 Å². The molecule has 4 aromatic rings. The molecule has 0 radical (unpaired) electrons. The van der Waals surface area contributed by atoms with Crippen molar-refractivity contribution in [2.24, 2.45) is 0 Å². The van der Waals surface area contributed by atoms with Crippen LogP contribution in [0.15, 0.2) is 78.9 Å². The molecule has 42 heavy (non-hydrogen) atoms. The highest BCUT2D eigenvalue weighted by Crippen LogP contribution is 2.43. The van der Waals surface area contributed by atoms with Crippen molar-refractivity contribution in [3.63, 3.8) is 0 Å². The molecule has 1 aliphatic heterocycles. The van der Waals surface area contributed by atoms with Gasteiger partial charge in [-0.2, -0.15) is 0 Å². The molecule has 8 nitrogen and oxygen atoms in total. The van der Waals surface area contributed by atoms with Gasteiger partial charge >= 0.3 is 12.0 Å². The normalized spacial score (nSPS) is 17.3. The zero-order valence-electron chi connectivity index (χ0n) is 23.4. The van der Waals surface area contributed by atoms with Crippen LogP contribution in [0.1, 0.15) is 34.5 Å². The van der Waals surface area contributed by atoms with Crippen LogP contribution >= 0.6 is 0 Å². The van der Waals surface area contributed by atoms with Gasteiger partial charge in [0.15, 0.2) is 0 Å². The zero-order chi connectivity index (χ0) is 29.9. The molecule has 5 rings (SSSR count). The summed E-state index contributed by atoms with van der Waals surface area (Å²) in [6.45, 7) is 3.03. The number of methoxy groups -OCH3 is 1. The third-order valence-corrected chi connectivity index (χ3v) is 7.32. The summed E-state index contributed by atoms with van der Waals surface area (Å²) in [5.74, 6) is -2.50. The number of esters is 1. The van der Waals surface area contributed by atoms with Crippen LogP contribution in [-0.4, -0.2) is 41.6 Å². The first kappa shape index (κ1) is 28.8. The number of halogens is 2. The molecule has 0 fully saturated rings. The highest BCUT2D eigenvalue weighted by molar-refractivity contribution is 5.97. The number of carbonyl (C=O) groups is 2. The number of aryl methyl sites for hydroxylation is 2. The third kappa shape index (κ3) is 5.58. The summed E-state index contributed by atoms with van der Waals surface area (Å²) in [5.41, 5.74) is 1.42. The molecule has 1 amide bonds. The van der Waals surface area contributed by atoms with Gasteiger partial charge in [-0.25, -0.2) is 18.7 Å². The second-order valence-corrected chi connectivity index (χ2v) is 10.0. The summed E-state index contributed by atoms with van der Waals surface area (Å²) in [5, 5.41) is 3.37. The maximum absolute atomic E-state index is 14.8. The molecule has 2 heterocycles. The van der Waals surface area contributed by atoms with Crippen molar-refractivity contribution >= 4 is 17.6 Å². The fourth-order valence-electron chi connectivity index (χ4n) is 5.42. The Bertz CT molecular complexity index is 1580. The number of benzene rings is 3. The van der Waals surface area contributed by atoms with Crippen molar-refractivity contribution in [2.45, 2.75) is 38.5 Å². The van der Waals surface area contributed by atoms with E-state index in [0.717, 1.165) is 12.1 Å². The predicted molar refractivity (Wildman–Crippen MR) is 152 cm³/mol. The van der Waals surface area contributed by atoms with Crippen LogP contribution in [0.3, 0.4) is 0 Å². The first-order valence-electron chi connectivity index (χ1n) is 13.4. The number of hydrogen-bond acceptors (Lipinski definition) is 7. The highest BCUT2D eigenvalue weighted by atomic mass is 19.1. The molecule has 3 aromatic carbocycles. The van der Waals surface area contributed by atoms with E-state index in [9.17, 15) is 18.4 Å². The number of anilines is 1. The molecule has 216 valence electrons. The van der Waals surface area contributed by atoms with E-state index in [-0.39, 0.29) is 31.1 Å². The largest absolute Gasteiger partial charge is 0.469 e. The van der Waals surface area contributed by atoms with E-state index in [1.807, 2.05) is 30.3 Å². The molecule has 10 heteroatoms. The van der Waals surface area contributed by atoms with Gasteiger partial charge in [0.05, 0.1) is 26.6 Å². The molecule has 1 N–H and O–H groups in total. The van der Waals surface area contributed by atoms with Crippen molar-refractivity contribution in [3.05, 3.63) is 119 Å². The van der Waals surface area contributed by atoms with E-state index in [0.29, 0.717) is 28.2 Å². The van der Waals surface area contributed by atoms with E-state index < -0.39 is 35.2 Å². The van der Waals surface area contributed by atoms with E-state index in [2.05, 4.69) is 15.3 Å². The van der Waals surface area contributed by atoms with E-state index in [1.54, 1.807) is 44.2 Å². The van der Waals surface area contributed by atoms with E-state index in [4.69, 9.17) is 9.47 Å². The van der Waals surface area contributed by atoms with Gasteiger partial charge in [0.2, 0.25) is 5.91 Å². The minimum absolute atomic E-state index is 0.0526. The average molecular weight is 573 g/mol. The van der Waals surface area contributed by atoms with Crippen molar-refractivity contribution in [2.75, 3.05) is 18.6 Å². The summed E-state index contributed by atoms with van der Waals surface area (Å²) in [6.07, 6.45) is -1.26. The van der Waals surface area contributed by atoms with Gasteiger partial charge in [-0.15, -0.1) is 0 Å². The molecule has 0 aliphatic carbocycles. The van der Waals surface area contributed by atoms with Crippen LogP contribution in [0.5, 0.6) is 6.01 Å². The Hall–Kier alpha value is -4.70. The second-order valence-electron chi connectivity index (χ2n) is 10.0. The standard InChI is InChI=1S/C32H30F2N4O4/c1-20-16-21(2)37-31(36-20)42-28(17-30(40)41-3)32(22-10-5-4-6-11-22)24-12-7-8-15-27(24)38(29(39)18-35-32)19-23-25(33)13-9-14-26(23)34/h4-16,28,35H,17-19H2,1-3H3/t28-,32+/m1/s1. The van der Waals surface area contributed by atoms with Crippen LogP contribution in [0.2, 0.25) is 0 Å². The quantitative estimate of drug-likeness (QED) is 0.304. The first-order chi connectivity index (χ1) is 20.2. The van der Waals surface area contributed by atoms with Crippen molar-refractivity contribution in [1.82, 2.24) is 15.3 Å². The Morgan fingerprint density at radius 2 is 1.62 bits per heavy atom. The van der Waals surface area contributed by atoms with Crippen LogP contribution in [0, 0.1) is 25.5 Å². The predicted octanol–water partition coefficient (Wildman–Crippen LogP) is 4.76. The number of nitrogens with zero attached hydrogens (tertiary/aromatic N) is 3. The monoisotopic (exact) mass is 572 g/mol. The lowest BCUT2D eigenvalue weighted by Gasteiger charge is -2.41. The fourth-order valence-corrected chi connectivity index (χ4v) is 5.42. The number of nitrogens with one attached hydrogen (secondary N) is 1. The minimum atomic E-state index is -1.33. The molecular weight excluding hydrogens is 542 g/mol. The topological polar surface area (TPSA) is 93.6 Å². The third-order valence-electron chi connectivity index (χ3n) is 7.32. The summed E-state index contributed by atoms with van der Waals surface area (Å²) < 4.78 is 41.0. The number of carbonyl (C=O) groups excluding carboxylic acids is 2. The Morgan fingerprint density at radius 3 is 2.29 bits per heavy atom. The number of para-hydroxylation sites is 1. The first-order valence-corrected chi connectivity index (χ1v) is 13.4. The van der Waals surface area contributed by atoms with Gasteiger partial charge in [-0.3, -0.25) is 14.9 Å². The number of fused-ring (bicyclic) bond motifs is 1. The molecular formula is C32H30F2N4O4. The van der Waals surface area contributed by atoms with Crippen LogP contribution in [-0.2, 0) is 26.4 Å². The lowest BCUT2D eigenvalue weighted by atomic mass is 9.76. The van der Waals surface area contributed by atoms with Gasteiger partial charge < -0.3 is 14.4 Å². The maximum Gasteiger partial charge on any atom is 0.317 e. The van der Waals surface area contributed by atoms with Crippen LogP contribution in [0.4, 0.5) is 14.5 Å². The number of aromatic nitrogens is 2. The number of hydrogen-bond donors (Lipinski definition) is 1. The smallest absolute Gasteiger partial charge is 0.317 e. The molecule has 0 spiro atoms. The van der Waals surface area contributed by atoms with Crippen LogP contribution < -0.4 is 15.0 Å². The van der Waals surface area contributed by atoms with Crippen LogP contribution in [0.25, 0.3) is 0 Å². The second kappa shape index (κ2) is 12.0. The minimum Gasteiger partial charge on any atom is -0.469 e. The van der Waals surface area contributed by atoms with E-state index >= 15 is 0 Å². The van der Waals surface area contributed by atoms with Gasteiger partial charge in [0.25, 0.3) is 0 Å². The van der Waals surface area contributed by atoms with Gasteiger partial charge in [-0.1, -0.05) is 54.6 Å². The molecule has 0 unspecified atom stereocenters. The Kier molecular flexibility index (Phi) is 8.26. The van der Waals surface area contributed by atoms with Gasteiger partial charge in [0.1, 0.15) is 23.3 Å². The Labute approximate surface area is 242 Å². The SMILES string of the molecule is COC(=O)C[C@@H](Oc1nc(C)cc(C)n1)[C@@]1(c2ccccc2)NCC(=O)N(Cc2c(F)cccc2F)c2ccccc21. The fraction of sp³-hybridized carbons (Fsp3) is 0.250. The van der Waals surface area contributed by atoms with Gasteiger partial charge in [-0.05, 0) is 43.7 Å². The number of ether oxygens (including phenoxy) is 2. The molecule has 0 saturated carbocycles. The number of rotatable bonds is 8. The zero-order valence-corrected chi connectivity index (χ0v) is 23.4. The molecule has 2 atom stereocenters. The summed E-state index contributed by atoms with van der Waals surface area (Å²) >= 11 is 0. The van der Waals surface area contributed by atoms with Gasteiger partial charge in [0, 0.05) is 28.2 Å². The molecule has 0 saturated heterocycles. The maximum atomic E-state index is 14.8. The summed E-state index contributed by atoms with van der Waals surface area (Å²) in [6, 6.07) is 21.7. The summed E-state index contributed by atoms with van der Waals surface area (Å²) in [4.78, 5) is 36.8. The highest BCUT2D eigenvalue weighted by Gasteiger charge is 2.49. The Balaban J connectivity index is 1.74. The lowest BCUT2D eigenvalue weighted by molar-refractivity contribution is -0.143. The van der Waals surface area contributed by atoms with Crippen molar-refractivity contribution < 1.29 is 27.8 Å². The molecule has 1 aromatic heterocycles. The summed E-state index contributed by atoms with van der Waals surface area (Å²) in [7, 11) is 1.28. The van der Waals surface area contributed by atoms with E-state index in [1.165, 1.54) is 18.1 Å². The molecule has 0 bridgehead atoms.